The van der Waals surface area contributed by atoms with E-state index in [1.165, 1.54) is 11.5 Å². The van der Waals surface area contributed by atoms with Crippen LogP contribution in [-0.2, 0) is 4.74 Å². The van der Waals surface area contributed by atoms with Gasteiger partial charge in [0.05, 0.1) is 6.61 Å². The Morgan fingerprint density at radius 3 is 3.06 bits per heavy atom. The van der Waals surface area contributed by atoms with Crippen molar-refractivity contribution in [2.45, 2.75) is 25.8 Å². The highest BCUT2D eigenvalue weighted by atomic mass is 32.2. The number of ether oxygens (including phenoxy) is 1. The van der Waals surface area contributed by atoms with Crippen molar-refractivity contribution in [1.29, 1.82) is 0 Å². The largest absolute Gasteiger partial charge is 0.462 e. The molecule has 0 unspecified atom stereocenters. The number of nitrogens with one attached hydrogen (secondary N) is 1. The average molecular weight is 266 g/mol. The molecule has 18 heavy (non-hydrogen) atoms. The van der Waals surface area contributed by atoms with E-state index in [1.807, 2.05) is 11.8 Å². The number of esters is 1. The highest BCUT2D eigenvalue weighted by Gasteiger charge is 2.18. The van der Waals surface area contributed by atoms with Gasteiger partial charge < -0.3 is 10.1 Å². The number of nitrogens with zero attached hydrogens (tertiary/aromatic N) is 1. The van der Waals surface area contributed by atoms with Crippen molar-refractivity contribution in [3.05, 3.63) is 23.9 Å². The van der Waals surface area contributed by atoms with E-state index in [1.54, 1.807) is 25.3 Å². The summed E-state index contributed by atoms with van der Waals surface area (Å²) in [5, 5.41) is 3.36. The molecule has 0 aromatic carbocycles. The van der Waals surface area contributed by atoms with E-state index >= 15 is 0 Å². The lowest BCUT2D eigenvalue weighted by Gasteiger charge is -2.23. The third kappa shape index (κ3) is 3.38. The zero-order valence-electron chi connectivity index (χ0n) is 10.5. The summed E-state index contributed by atoms with van der Waals surface area (Å²) in [5.74, 6) is 2.67. The van der Waals surface area contributed by atoms with Crippen molar-refractivity contribution >= 4 is 23.5 Å². The fraction of sp³-hybridized carbons (Fsp3) is 0.538. The fourth-order valence-electron chi connectivity index (χ4n) is 1.93. The number of rotatable bonds is 4. The van der Waals surface area contributed by atoms with Gasteiger partial charge >= 0.3 is 5.97 Å². The van der Waals surface area contributed by atoms with Crippen LogP contribution in [0.1, 0.15) is 30.1 Å². The summed E-state index contributed by atoms with van der Waals surface area (Å²) in [4.78, 5) is 16.1. The molecule has 0 atom stereocenters. The third-order valence-corrected chi connectivity index (χ3v) is 3.91. The summed E-state index contributed by atoms with van der Waals surface area (Å²) in [5.41, 5.74) is 0.526. The first kappa shape index (κ1) is 13.2. The predicted octanol–water partition coefficient (Wildman–Crippen LogP) is 2.57. The third-order valence-electron chi connectivity index (χ3n) is 2.87. The van der Waals surface area contributed by atoms with Crippen molar-refractivity contribution in [3.8, 4) is 0 Å². The van der Waals surface area contributed by atoms with Gasteiger partial charge in [-0.2, -0.15) is 11.8 Å². The van der Waals surface area contributed by atoms with Crippen molar-refractivity contribution in [3.63, 3.8) is 0 Å². The number of thioether (sulfide) groups is 1. The molecule has 1 aliphatic heterocycles. The monoisotopic (exact) mass is 266 g/mol. The first-order chi connectivity index (χ1) is 8.81. The minimum absolute atomic E-state index is 0.307. The second kappa shape index (κ2) is 6.64. The Hall–Kier alpha value is -1.23. The SMILES string of the molecule is CCOC(=O)c1cccnc1NC1CCSCC1. The number of hydrogen-bond acceptors (Lipinski definition) is 5. The van der Waals surface area contributed by atoms with E-state index < -0.39 is 0 Å². The maximum Gasteiger partial charge on any atom is 0.341 e. The Balaban J connectivity index is 2.08. The van der Waals surface area contributed by atoms with Gasteiger partial charge in [-0.1, -0.05) is 0 Å². The molecule has 1 aromatic rings. The summed E-state index contributed by atoms with van der Waals surface area (Å²) in [6.45, 7) is 2.19. The van der Waals surface area contributed by atoms with Crippen LogP contribution >= 0.6 is 11.8 Å². The predicted molar refractivity (Wildman–Crippen MR) is 74.2 cm³/mol. The Kier molecular flexibility index (Phi) is 4.87. The fourth-order valence-corrected chi connectivity index (χ4v) is 3.04. The lowest BCUT2D eigenvalue weighted by Crippen LogP contribution is -2.26. The molecule has 5 heteroatoms. The van der Waals surface area contributed by atoms with Crippen LogP contribution in [0.25, 0.3) is 0 Å². The summed E-state index contributed by atoms with van der Waals surface area (Å²) >= 11 is 1.98. The van der Waals surface area contributed by atoms with Gasteiger partial charge in [-0.25, -0.2) is 9.78 Å². The van der Waals surface area contributed by atoms with Crippen molar-refractivity contribution in [1.82, 2.24) is 4.98 Å². The topological polar surface area (TPSA) is 51.2 Å². The highest BCUT2D eigenvalue weighted by Crippen LogP contribution is 2.22. The lowest BCUT2D eigenvalue weighted by atomic mass is 10.1. The summed E-state index contributed by atoms with van der Waals surface area (Å²) < 4.78 is 5.03. The molecule has 1 N–H and O–H groups in total. The lowest BCUT2D eigenvalue weighted by molar-refractivity contribution is 0.0527. The zero-order valence-corrected chi connectivity index (χ0v) is 11.3. The van der Waals surface area contributed by atoms with Crippen molar-refractivity contribution in [2.24, 2.45) is 0 Å². The van der Waals surface area contributed by atoms with Gasteiger partial charge in [0.25, 0.3) is 0 Å². The van der Waals surface area contributed by atoms with E-state index in [0.717, 1.165) is 12.8 Å². The minimum Gasteiger partial charge on any atom is -0.462 e. The molecular formula is C13H18N2O2S. The Labute approximate surface area is 112 Å². The van der Waals surface area contributed by atoms with E-state index in [2.05, 4.69) is 10.3 Å². The van der Waals surface area contributed by atoms with Crippen LogP contribution in [0.4, 0.5) is 5.82 Å². The molecule has 98 valence electrons. The van der Waals surface area contributed by atoms with Crippen LogP contribution in [0.3, 0.4) is 0 Å². The molecule has 1 aromatic heterocycles. The normalized spacial score (nSPS) is 16.3. The average Bonchev–Trinajstić information content (AvgIpc) is 2.41. The maximum atomic E-state index is 11.8. The van der Waals surface area contributed by atoms with Gasteiger partial charge in [0.1, 0.15) is 11.4 Å². The molecule has 1 fully saturated rings. The standard InChI is InChI=1S/C13H18N2O2S/c1-2-17-13(16)11-4-3-7-14-12(11)15-10-5-8-18-9-6-10/h3-4,7,10H,2,5-6,8-9H2,1H3,(H,14,15). The van der Waals surface area contributed by atoms with Crippen molar-refractivity contribution < 1.29 is 9.53 Å². The molecule has 2 rings (SSSR count). The summed E-state index contributed by atoms with van der Waals surface area (Å²) in [6, 6.07) is 3.92. The first-order valence-corrected chi connectivity index (χ1v) is 7.43. The van der Waals surface area contributed by atoms with E-state index in [9.17, 15) is 4.79 Å². The van der Waals surface area contributed by atoms with E-state index in [-0.39, 0.29) is 5.97 Å². The van der Waals surface area contributed by atoms with Crippen LogP contribution in [0.2, 0.25) is 0 Å². The molecule has 0 aliphatic carbocycles. The Morgan fingerprint density at radius 1 is 1.56 bits per heavy atom. The van der Waals surface area contributed by atoms with E-state index in [4.69, 9.17) is 4.74 Å². The first-order valence-electron chi connectivity index (χ1n) is 6.27. The van der Waals surface area contributed by atoms with Gasteiger partial charge in [-0.15, -0.1) is 0 Å². The smallest absolute Gasteiger partial charge is 0.341 e. The van der Waals surface area contributed by atoms with Gasteiger partial charge in [0, 0.05) is 12.2 Å². The second-order valence-electron chi connectivity index (χ2n) is 4.15. The minimum atomic E-state index is -0.307. The molecule has 4 nitrogen and oxygen atoms in total. The van der Waals surface area contributed by atoms with Gasteiger partial charge in [-0.05, 0) is 43.4 Å². The number of pyridine rings is 1. The molecule has 0 spiro atoms. The Morgan fingerprint density at radius 2 is 2.33 bits per heavy atom. The van der Waals surface area contributed by atoms with Crippen LogP contribution in [0.5, 0.6) is 0 Å². The summed E-state index contributed by atoms with van der Waals surface area (Å²) in [7, 11) is 0. The van der Waals surface area contributed by atoms with Gasteiger partial charge in [-0.3, -0.25) is 0 Å². The molecule has 1 aliphatic rings. The van der Waals surface area contributed by atoms with Gasteiger partial charge in [0.2, 0.25) is 0 Å². The number of carbonyl (C=O) groups is 1. The van der Waals surface area contributed by atoms with Crippen LogP contribution in [0, 0.1) is 0 Å². The molecule has 0 amide bonds. The number of aromatic nitrogens is 1. The molecule has 1 saturated heterocycles. The molecule has 0 bridgehead atoms. The molecule has 0 radical (unpaired) electrons. The van der Waals surface area contributed by atoms with Crippen LogP contribution in [0.15, 0.2) is 18.3 Å². The van der Waals surface area contributed by atoms with E-state index in [0.29, 0.717) is 24.0 Å². The quantitative estimate of drug-likeness (QED) is 0.849. The molecule has 0 saturated carbocycles. The van der Waals surface area contributed by atoms with Gasteiger partial charge in [0.15, 0.2) is 0 Å². The molecule has 2 heterocycles. The number of anilines is 1. The highest BCUT2D eigenvalue weighted by molar-refractivity contribution is 7.99. The second-order valence-corrected chi connectivity index (χ2v) is 5.38. The van der Waals surface area contributed by atoms with Crippen LogP contribution < -0.4 is 5.32 Å². The van der Waals surface area contributed by atoms with Crippen LogP contribution in [-0.4, -0.2) is 35.1 Å². The maximum absolute atomic E-state index is 11.8. The molecular weight excluding hydrogens is 248 g/mol. The zero-order chi connectivity index (χ0) is 12.8. The Bertz CT molecular complexity index is 406. The number of hydrogen-bond donors (Lipinski definition) is 1. The summed E-state index contributed by atoms with van der Waals surface area (Å²) in [6.07, 6.45) is 3.93. The van der Waals surface area contributed by atoms with Crippen molar-refractivity contribution in [2.75, 3.05) is 23.4 Å². The number of carbonyl (C=O) groups excluding carboxylic acids is 1.